The third-order valence-corrected chi connectivity index (χ3v) is 4.66. The summed E-state index contributed by atoms with van der Waals surface area (Å²) < 4.78 is 5.56. The van der Waals surface area contributed by atoms with Gasteiger partial charge in [0.2, 0.25) is 0 Å². The number of hydrogen-bond acceptors (Lipinski definition) is 4. The van der Waals surface area contributed by atoms with E-state index in [2.05, 4.69) is 22.8 Å². The lowest BCUT2D eigenvalue weighted by atomic mass is 9.94. The highest BCUT2D eigenvalue weighted by Crippen LogP contribution is 2.23. The number of nitrogens with one attached hydrogen (secondary N) is 2. The first-order valence-corrected chi connectivity index (χ1v) is 9.07. The van der Waals surface area contributed by atoms with Crippen LogP contribution in [0, 0.1) is 0 Å². The van der Waals surface area contributed by atoms with Crippen LogP contribution in [0.1, 0.15) is 27.5 Å². The maximum absolute atomic E-state index is 12.7. The van der Waals surface area contributed by atoms with Gasteiger partial charge in [0.25, 0.3) is 11.8 Å². The van der Waals surface area contributed by atoms with Crippen molar-refractivity contribution in [3.63, 3.8) is 0 Å². The molecule has 6 nitrogen and oxygen atoms in total. The first-order chi connectivity index (χ1) is 13.1. The quantitative estimate of drug-likeness (QED) is 0.816. The number of carbonyl (C=O) groups is 2. The Morgan fingerprint density at radius 3 is 2.70 bits per heavy atom. The first kappa shape index (κ1) is 18.9. The molecule has 2 aromatic carbocycles. The molecule has 0 saturated carbocycles. The maximum Gasteiger partial charge on any atom is 0.259 e. The Bertz CT molecular complexity index is 820. The SMILES string of the molecule is CN(C)C(=O)COc1ccccc1C(=O)NCC1NCCc2ccccc21. The largest absolute Gasteiger partial charge is 0.483 e. The zero-order valence-electron chi connectivity index (χ0n) is 15.7. The number of amides is 2. The number of likely N-dealkylation sites (N-methyl/N-ethyl adjacent to an activating group) is 1. The molecule has 3 rings (SSSR count). The maximum atomic E-state index is 12.7. The molecule has 1 unspecified atom stereocenters. The van der Waals surface area contributed by atoms with Crippen molar-refractivity contribution in [3.05, 3.63) is 65.2 Å². The van der Waals surface area contributed by atoms with Crippen molar-refractivity contribution >= 4 is 11.8 Å². The van der Waals surface area contributed by atoms with Crippen LogP contribution in [0.25, 0.3) is 0 Å². The number of hydrogen-bond donors (Lipinski definition) is 2. The molecule has 6 heteroatoms. The van der Waals surface area contributed by atoms with Gasteiger partial charge in [-0.1, -0.05) is 36.4 Å². The number of nitrogens with zero attached hydrogens (tertiary/aromatic N) is 1. The fourth-order valence-electron chi connectivity index (χ4n) is 3.11. The Labute approximate surface area is 159 Å². The van der Waals surface area contributed by atoms with Gasteiger partial charge in [0.15, 0.2) is 6.61 Å². The van der Waals surface area contributed by atoms with Crippen LogP contribution >= 0.6 is 0 Å². The summed E-state index contributed by atoms with van der Waals surface area (Å²) in [4.78, 5) is 25.9. The van der Waals surface area contributed by atoms with Gasteiger partial charge in [-0.15, -0.1) is 0 Å². The van der Waals surface area contributed by atoms with Crippen molar-refractivity contribution < 1.29 is 14.3 Å². The lowest BCUT2D eigenvalue weighted by molar-refractivity contribution is -0.130. The summed E-state index contributed by atoms with van der Waals surface area (Å²) in [5, 5.41) is 6.44. The molecule has 0 bridgehead atoms. The number of fused-ring (bicyclic) bond motifs is 1. The summed E-state index contributed by atoms with van der Waals surface area (Å²) in [6.45, 7) is 1.28. The molecule has 0 spiro atoms. The molecule has 0 aliphatic carbocycles. The number of benzene rings is 2. The van der Waals surface area contributed by atoms with Gasteiger partial charge in [-0.3, -0.25) is 9.59 Å². The second-order valence-corrected chi connectivity index (χ2v) is 6.74. The summed E-state index contributed by atoms with van der Waals surface area (Å²) >= 11 is 0. The second kappa shape index (κ2) is 8.68. The lowest BCUT2D eigenvalue weighted by Crippen LogP contribution is -2.39. The van der Waals surface area contributed by atoms with Gasteiger partial charge in [-0.25, -0.2) is 0 Å². The fourth-order valence-corrected chi connectivity index (χ4v) is 3.11. The van der Waals surface area contributed by atoms with Crippen LogP contribution in [-0.2, 0) is 11.2 Å². The van der Waals surface area contributed by atoms with Crippen LogP contribution in [0.5, 0.6) is 5.75 Å². The molecule has 0 radical (unpaired) electrons. The summed E-state index contributed by atoms with van der Waals surface area (Å²) in [5.41, 5.74) is 2.97. The summed E-state index contributed by atoms with van der Waals surface area (Å²) in [5.74, 6) is 0.0307. The highest BCUT2D eigenvalue weighted by Gasteiger charge is 2.21. The molecule has 2 aromatic rings. The number of para-hydroxylation sites is 1. The van der Waals surface area contributed by atoms with Gasteiger partial charge >= 0.3 is 0 Å². The van der Waals surface area contributed by atoms with Gasteiger partial charge < -0.3 is 20.3 Å². The van der Waals surface area contributed by atoms with Crippen LogP contribution in [0.4, 0.5) is 0 Å². The Balaban J connectivity index is 1.65. The van der Waals surface area contributed by atoms with Gasteiger partial charge in [-0.05, 0) is 36.2 Å². The van der Waals surface area contributed by atoms with Gasteiger partial charge in [-0.2, -0.15) is 0 Å². The van der Waals surface area contributed by atoms with E-state index in [9.17, 15) is 9.59 Å². The molecule has 142 valence electrons. The topological polar surface area (TPSA) is 70.7 Å². The van der Waals surface area contributed by atoms with Gasteiger partial charge in [0, 0.05) is 26.7 Å². The van der Waals surface area contributed by atoms with E-state index in [0.29, 0.717) is 17.9 Å². The molecule has 0 saturated heterocycles. The van der Waals surface area contributed by atoms with E-state index in [-0.39, 0.29) is 24.5 Å². The molecule has 1 heterocycles. The number of ether oxygens (including phenoxy) is 1. The molecule has 27 heavy (non-hydrogen) atoms. The average molecular weight is 367 g/mol. The third kappa shape index (κ3) is 4.65. The monoisotopic (exact) mass is 367 g/mol. The molecule has 1 atom stereocenters. The standard InChI is InChI=1S/C21H25N3O3/c1-24(2)20(25)14-27-19-10-6-5-9-17(19)21(26)23-13-18-16-8-4-3-7-15(16)11-12-22-18/h3-10,18,22H,11-14H2,1-2H3,(H,23,26). The molecule has 0 fully saturated rings. The van der Waals surface area contributed by atoms with E-state index in [1.807, 2.05) is 12.1 Å². The zero-order chi connectivity index (χ0) is 19.2. The minimum atomic E-state index is -0.215. The molecular weight excluding hydrogens is 342 g/mol. The van der Waals surface area contributed by atoms with Crippen molar-refractivity contribution in [2.45, 2.75) is 12.5 Å². The van der Waals surface area contributed by atoms with Crippen molar-refractivity contribution in [2.75, 3.05) is 33.8 Å². The van der Waals surface area contributed by atoms with Gasteiger partial charge in [0.1, 0.15) is 5.75 Å². The Kier molecular flexibility index (Phi) is 6.08. The van der Waals surface area contributed by atoms with Crippen LogP contribution < -0.4 is 15.4 Å². The van der Waals surface area contributed by atoms with Crippen LogP contribution in [-0.4, -0.2) is 50.5 Å². The molecule has 2 N–H and O–H groups in total. The van der Waals surface area contributed by atoms with Crippen molar-refractivity contribution in [3.8, 4) is 5.75 Å². The minimum Gasteiger partial charge on any atom is -0.483 e. The van der Waals surface area contributed by atoms with Gasteiger partial charge in [0.05, 0.1) is 5.56 Å². The third-order valence-electron chi connectivity index (χ3n) is 4.66. The fraction of sp³-hybridized carbons (Fsp3) is 0.333. The molecule has 0 aromatic heterocycles. The predicted molar refractivity (Wildman–Crippen MR) is 104 cm³/mol. The number of rotatable bonds is 6. The minimum absolute atomic E-state index is 0.0855. The average Bonchev–Trinajstić information content (AvgIpc) is 2.70. The van der Waals surface area contributed by atoms with E-state index in [4.69, 9.17) is 4.74 Å². The van der Waals surface area contributed by atoms with Crippen LogP contribution in [0.15, 0.2) is 48.5 Å². The van der Waals surface area contributed by atoms with E-state index in [1.165, 1.54) is 16.0 Å². The molecule has 1 aliphatic heterocycles. The Morgan fingerprint density at radius 2 is 1.89 bits per heavy atom. The van der Waals surface area contributed by atoms with Crippen molar-refractivity contribution in [1.82, 2.24) is 15.5 Å². The molecular formula is C21H25N3O3. The summed E-state index contributed by atoms with van der Waals surface area (Å²) in [7, 11) is 3.33. The molecule has 1 aliphatic rings. The highest BCUT2D eigenvalue weighted by atomic mass is 16.5. The van der Waals surface area contributed by atoms with E-state index < -0.39 is 0 Å². The Hall–Kier alpha value is -2.86. The second-order valence-electron chi connectivity index (χ2n) is 6.74. The van der Waals surface area contributed by atoms with E-state index >= 15 is 0 Å². The Morgan fingerprint density at radius 1 is 1.15 bits per heavy atom. The van der Waals surface area contributed by atoms with Crippen LogP contribution in [0.2, 0.25) is 0 Å². The van der Waals surface area contributed by atoms with Crippen molar-refractivity contribution in [1.29, 1.82) is 0 Å². The summed E-state index contributed by atoms with van der Waals surface area (Å²) in [6.07, 6.45) is 0.997. The highest BCUT2D eigenvalue weighted by molar-refractivity contribution is 5.97. The normalized spacial score (nSPS) is 15.6. The van der Waals surface area contributed by atoms with Crippen molar-refractivity contribution in [2.24, 2.45) is 0 Å². The smallest absolute Gasteiger partial charge is 0.259 e. The first-order valence-electron chi connectivity index (χ1n) is 9.07. The van der Waals surface area contributed by atoms with E-state index in [0.717, 1.165) is 13.0 Å². The predicted octanol–water partition coefficient (Wildman–Crippen LogP) is 1.77. The molecule has 2 amide bonds. The lowest BCUT2D eigenvalue weighted by Gasteiger charge is -2.27. The van der Waals surface area contributed by atoms with E-state index in [1.54, 1.807) is 38.4 Å². The zero-order valence-corrected chi connectivity index (χ0v) is 15.7. The summed E-state index contributed by atoms with van der Waals surface area (Å²) in [6, 6.07) is 15.3. The number of carbonyl (C=O) groups excluding carboxylic acids is 2. The van der Waals surface area contributed by atoms with Crippen LogP contribution in [0.3, 0.4) is 0 Å².